The number of halogens is 4. The second-order valence-corrected chi connectivity index (χ2v) is 1.79. The standard InChI is InChI=1S/C7H4F3.ClH.Mg.H/c8-7(9,10)6-4-2-1-3-5-6;;;/h2-5H;1H;;/q-1;;+2;-1. The predicted octanol–water partition coefficient (Wildman–Crippen LogP) is 2.66. The van der Waals surface area contributed by atoms with Crippen LogP contribution in [0, 0.1) is 6.07 Å². The summed E-state index contributed by atoms with van der Waals surface area (Å²) in [7, 11) is 0. The Morgan fingerprint density at radius 1 is 1.17 bits per heavy atom. The van der Waals surface area contributed by atoms with Gasteiger partial charge in [-0.1, -0.05) is 5.56 Å². The van der Waals surface area contributed by atoms with E-state index in [0.29, 0.717) is 0 Å². The minimum absolute atomic E-state index is 0. The van der Waals surface area contributed by atoms with Gasteiger partial charge in [-0.25, -0.2) is 0 Å². The number of alkyl halides is 3. The summed E-state index contributed by atoms with van der Waals surface area (Å²) in [6.07, 6.45) is -4.23. The summed E-state index contributed by atoms with van der Waals surface area (Å²) in [5.74, 6) is 0. The Labute approximate surface area is 92.2 Å². The van der Waals surface area contributed by atoms with Crippen molar-refractivity contribution in [1.82, 2.24) is 0 Å². The van der Waals surface area contributed by atoms with E-state index in [4.69, 9.17) is 0 Å². The Balaban J connectivity index is -0.000000333. The van der Waals surface area contributed by atoms with Crippen molar-refractivity contribution in [2.45, 2.75) is 6.18 Å². The van der Waals surface area contributed by atoms with Gasteiger partial charge in [-0.2, -0.15) is 43.5 Å². The molecule has 1 aromatic rings. The van der Waals surface area contributed by atoms with Crippen LogP contribution >= 0.6 is 12.4 Å². The van der Waals surface area contributed by atoms with E-state index in [1.54, 1.807) is 0 Å². The van der Waals surface area contributed by atoms with Crippen molar-refractivity contribution in [3.63, 3.8) is 0 Å². The van der Waals surface area contributed by atoms with E-state index < -0.39 is 11.7 Å². The fourth-order valence-electron chi connectivity index (χ4n) is 0.576. The molecule has 5 heteroatoms. The van der Waals surface area contributed by atoms with Crippen molar-refractivity contribution in [1.29, 1.82) is 0 Å². The maximum atomic E-state index is 11.8. The predicted molar refractivity (Wildman–Crippen MR) is 44.4 cm³/mol. The SMILES string of the molecule is Cl.FC(F)(F)c1cc[c-]cc1.[H-].[Mg+2]. The molecule has 12 heavy (non-hydrogen) atoms. The van der Waals surface area contributed by atoms with Gasteiger partial charge in [0.2, 0.25) is 0 Å². The first-order valence-corrected chi connectivity index (χ1v) is 2.64. The van der Waals surface area contributed by atoms with Crippen LogP contribution in [0.25, 0.3) is 0 Å². The third-order valence-electron chi connectivity index (χ3n) is 1.05. The van der Waals surface area contributed by atoms with E-state index in [-0.39, 0.29) is 36.9 Å². The minimum Gasteiger partial charge on any atom is -1.00 e. The molecule has 0 N–H and O–H groups in total. The van der Waals surface area contributed by atoms with Crippen molar-refractivity contribution >= 4 is 35.5 Å². The van der Waals surface area contributed by atoms with Gasteiger partial charge in [-0.15, -0.1) is 12.4 Å². The molecule has 0 spiro atoms. The molecular weight excluding hydrogens is 201 g/mol. The van der Waals surface area contributed by atoms with Crippen LogP contribution in [0.5, 0.6) is 0 Å². The van der Waals surface area contributed by atoms with Gasteiger partial charge in [-0.05, 0) is 0 Å². The van der Waals surface area contributed by atoms with Gasteiger partial charge in [0.05, 0.1) is 0 Å². The van der Waals surface area contributed by atoms with Gasteiger partial charge >= 0.3 is 29.2 Å². The summed E-state index contributed by atoms with van der Waals surface area (Å²) < 4.78 is 35.3. The molecule has 1 rings (SSSR count). The average molecular weight is 207 g/mol. The minimum atomic E-state index is -4.23. The summed E-state index contributed by atoms with van der Waals surface area (Å²) in [6, 6.07) is 6.95. The van der Waals surface area contributed by atoms with Crippen LogP contribution < -0.4 is 0 Å². The van der Waals surface area contributed by atoms with Crippen LogP contribution in [-0.4, -0.2) is 23.1 Å². The zero-order chi connectivity index (χ0) is 7.61. The monoisotopic (exact) mass is 206 g/mol. The Kier molecular flexibility index (Phi) is 6.89. The molecule has 0 aliphatic rings. The fourth-order valence-corrected chi connectivity index (χ4v) is 0.576. The first-order chi connectivity index (χ1) is 4.61. The van der Waals surface area contributed by atoms with E-state index in [0.717, 1.165) is 12.1 Å². The molecule has 0 nitrogen and oxygen atoms in total. The maximum absolute atomic E-state index is 11.8. The normalized spacial score (nSPS) is 9.58. The number of hydrogen-bond acceptors (Lipinski definition) is 0. The molecule has 0 aliphatic heterocycles. The summed E-state index contributed by atoms with van der Waals surface area (Å²) >= 11 is 0. The van der Waals surface area contributed by atoms with Gasteiger partial charge in [0.15, 0.2) is 0 Å². The van der Waals surface area contributed by atoms with Crippen LogP contribution in [0.1, 0.15) is 6.99 Å². The summed E-state index contributed by atoms with van der Waals surface area (Å²) in [6.45, 7) is 0. The molecule has 0 aromatic heterocycles. The van der Waals surface area contributed by atoms with E-state index in [1.807, 2.05) is 0 Å². The molecule has 0 atom stereocenters. The fraction of sp³-hybridized carbons (Fsp3) is 0.143. The van der Waals surface area contributed by atoms with E-state index in [1.165, 1.54) is 12.1 Å². The molecule has 0 amide bonds. The van der Waals surface area contributed by atoms with Crippen LogP contribution in [0.3, 0.4) is 0 Å². The van der Waals surface area contributed by atoms with Crippen LogP contribution in [-0.2, 0) is 6.18 Å². The van der Waals surface area contributed by atoms with Gasteiger partial charge < -0.3 is 1.43 Å². The van der Waals surface area contributed by atoms with E-state index >= 15 is 0 Å². The Bertz CT molecular complexity index is 215. The van der Waals surface area contributed by atoms with Gasteiger partial charge in [-0.3, -0.25) is 0 Å². The zero-order valence-electron chi connectivity index (χ0n) is 7.06. The summed E-state index contributed by atoms with van der Waals surface area (Å²) in [4.78, 5) is 0. The molecule has 0 aliphatic carbocycles. The zero-order valence-corrected chi connectivity index (χ0v) is 8.29. The number of hydrogen-bond donors (Lipinski definition) is 0. The molecule has 0 saturated heterocycles. The van der Waals surface area contributed by atoms with Gasteiger partial charge in [0.25, 0.3) is 0 Å². The third-order valence-corrected chi connectivity index (χ3v) is 1.05. The second-order valence-electron chi connectivity index (χ2n) is 1.79. The van der Waals surface area contributed by atoms with Crippen LogP contribution in [0.15, 0.2) is 24.3 Å². The molecule has 0 bridgehead atoms. The van der Waals surface area contributed by atoms with Crippen molar-refractivity contribution in [3.05, 3.63) is 35.9 Å². The molecule has 0 unspecified atom stereocenters. The molecule has 0 heterocycles. The van der Waals surface area contributed by atoms with Gasteiger partial charge in [0.1, 0.15) is 0 Å². The smallest absolute Gasteiger partial charge is 1.00 e. The van der Waals surface area contributed by atoms with Crippen LogP contribution in [0.4, 0.5) is 13.2 Å². The largest absolute Gasteiger partial charge is 2.00 e. The second kappa shape index (κ2) is 5.67. The Morgan fingerprint density at radius 2 is 1.58 bits per heavy atom. The van der Waals surface area contributed by atoms with Crippen molar-refractivity contribution in [2.75, 3.05) is 0 Å². The van der Waals surface area contributed by atoms with Crippen molar-refractivity contribution < 1.29 is 14.6 Å². The van der Waals surface area contributed by atoms with Crippen LogP contribution in [0.2, 0.25) is 0 Å². The molecular formula is C7H6ClF3Mg. The number of benzene rings is 1. The summed E-state index contributed by atoms with van der Waals surface area (Å²) in [5.41, 5.74) is -0.633. The molecule has 0 saturated carbocycles. The van der Waals surface area contributed by atoms with Crippen molar-refractivity contribution in [3.8, 4) is 0 Å². The van der Waals surface area contributed by atoms with Crippen molar-refractivity contribution in [2.24, 2.45) is 0 Å². The topological polar surface area (TPSA) is 0 Å². The Morgan fingerprint density at radius 3 is 1.83 bits per heavy atom. The number of rotatable bonds is 0. The van der Waals surface area contributed by atoms with E-state index in [2.05, 4.69) is 6.07 Å². The third kappa shape index (κ3) is 4.18. The molecule has 1 aromatic carbocycles. The molecule has 64 valence electrons. The molecule has 0 radical (unpaired) electrons. The average Bonchev–Trinajstić information content (AvgIpc) is 1.88. The van der Waals surface area contributed by atoms with E-state index in [9.17, 15) is 13.2 Å². The maximum Gasteiger partial charge on any atom is 2.00 e. The summed E-state index contributed by atoms with van der Waals surface area (Å²) in [5, 5.41) is 0. The quantitative estimate of drug-likeness (QED) is 0.453. The first kappa shape index (κ1) is 14.6. The first-order valence-electron chi connectivity index (χ1n) is 2.64. The molecule has 0 fully saturated rings. The van der Waals surface area contributed by atoms with Gasteiger partial charge in [0, 0.05) is 0 Å². The Hall–Kier alpha value is 0.0662.